The van der Waals surface area contributed by atoms with Crippen molar-refractivity contribution in [2.24, 2.45) is 5.92 Å². The second-order valence-corrected chi connectivity index (χ2v) is 3.46. The maximum absolute atomic E-state index is 11.1. The minimum absolute atomic E-state index is 0.147. The molecule has 86 valence electrons. The van der Waals surface area contributed by atoms with Crippen LogP contribution in [0.4, 0.5) is 4.79 Å². The van der Waals surface area contributed by atoms with E-state index in [9.17, 15) is 9.59 Å². The number of nitrogens with one attached hydrogen (secondary N) is 2. The molecule has 0 aliphatic rings. The number of carbonyl (C=O) groups excluding carboxylic acids is 1. The lowest BCUT2D eigenvalue weighted by Crippen LogP contribution is -2.40. The van der Waals surface area contributed by atoms with Crippen LogP contribution >= 0.6 is 0 Å². The van der Waals surface area contributed by atoms with Gasteiger partial charge in [-0.25, -0.2) is 4.79 Å². The third kappa shape index (κ3) is 6.54. The fraction of sp³-hybridized carbons (Fsp3) is 0.600. The fourth-order valence-corrected chi connectivity index (χ4v) is 0.916. The molecule has 0 fully saturated rings. The van der Waals surface area contributed by atoms with Crippen LogP contribution in [0.2, 0.25) is 0 Å². The molecule has 0 rings (SSSR count). The van der Waals surface area contributed by atoms with Crippen LogP contribution in [0.3, 0.4) is 0 Å². The van der Waals surface area contributed by atoms with Gasteiger partial charge in [0.15, 0.2) is 0 Å². The Balaban J connectivity index is 3.78. The number of carboxylic acid groups (broad SMARTS) is 1. The lowest BCUT2D eigenvalue weighted by molar-refractivity contribution is -0.141. The van der Waals surface area contributed by atoms with E-state index in [0.29, 0.717) is 13.0 Å². The summed E-state index contributed by atoms with van der Waals surface area (Å²) in [6, 6.07) is -0.363. The summed E-state index contributed by atoms with van der Waals surface area (Å²) in [5, 5.41) is 13.8. The molecule has 1 atom stereocenters. The van der Waals surface area contributed by atoms with Crippen LogP contribution in [0.5, 0.6) is 0 Å². The lowest BCUT2D eigenvalue weighted by Gasteiger charge is -2.11. The Hall–Kier alpha value is -1.52. The molecule has 0 aromatic heterocycles. The largest absolute Gasteiger partial charge is 0.481 e. The molecule has 5 nitrogen and oxygen atoms in total. The molecule has 0 bridgehead atoms. The Bertz CT molecular complexity index is 251. The van der Waals surface area contributed by atoms with E-state index in [1.807, 2.05) is 0 Å². The predicted molar refractivity (Wildman–Crippen MR) is 57.6 cm³/mol. The number of hydrogen-bond acceptors (Lipinski definition) is 2. The topological polar surface area (TPSA) is 78.4 Å². The van der Waals surface area contributed by atoms with Crippen molar-refractivity contribution in [3.8, 4) is 0 Å². The minimum atomic E-state index is -0.891. The van der Waals surface area contributed by atoms with E-state index in [1.165, 1.54) is 0 Å². The maximum atomic E-state index is 11.1. The molecule has 5 heteroatoms. The Labute approximate surface area is 89.6 Å². The minimum Gasteiger partial charge on any atom is -0.481 e. The van der Waals surface area contributed by atoms with E-state index in [-0.39, 0.29) is 12.6 Å². The van der Waals surface area contributed by atoms with Gasteiger partial charge in [-0.3, -0.25) is 4.79 Å². The number of urea groups is 1. The predicted octanol–water partition coefficient (Wildman–Crippen LogP) is 0.972. The van der Waals surface area contributed by atoms with Crippen LogP contribution in [0.15, 0.2) is 12.2 Å². The first kappa shape index (κ1) is 13.5. The summed E-state index contributed by atoms with van der Waals surface area (Å²) < 4.78 is 0. The molecule has 0 radical (unpaired) electrons. The Morgan fingerprint density at radius 2 is 2.00 bits per heavy atom. The third-order valence-corrected chi connectivity index (χ3v) is 1.90. The van der Waals surface area contributed by atoms with Crippen LogP contribution in [0.1, 0.15) is 20.3 Å². The van der Waals surface area contributed by atoms with Gasteiger partial charge in [0.05, 0.1) is 5.92 Å². The number of carboxylic acids is 1. The van der Waals surface area contributed by atoms with Crippen LogP contribution in [-0.4, -0.2) is 30.2 Å². The molecule has 0 spiro atoms. The zero-order chi connectivity index (χ0) is 11.8. The van der Waals surface area contributed by atoms with Gasteiger partial charge >= 0.3 is 12.0 Å². The van der Waals surface area contributed by atoms with Crippen molar-refractivity contribution < 1.29 is 14.7 Å². The van der Waals surface area contributed by atoms with Gasteiger partial charge in [-0.1, -0.05) is 19.1 Å². The van der Waals surface area contributed by atoms with E-state index in [2.05, 4.69) is 17.2 Å². The van der Waals surface area contributed by atoms with Gasteiger partial charge in [0, 0.05) is 13.1 Å². The zero-order valence-electron chi connectivity index (χ0n) is 9.17. The number of hydrogen-bond donors (Lipinski definition) is 3. The first-order valence-corrected chi connectivity index (χ1v) is 4.86. The first-order valence-electron chi connectivity index (χ1n) is 4.86. The molecule has 3 N–H and O–H groups in total. The molecule has 0 aliphatic carbocycles. The van der Waals surface area contributed by atoms with Crippen LogP contribution in [0, 0.1) is 5.92 Å². The molecule has 0 heterocycles. The maximum Gasteiger partial charge on any atom is 0.315 e. The quantitative estimate of drug-likeness (QED) is 0.576. The monoisotopic (exact) mass is 214 g/mol. The molecular formula is C10H18N2O3. The molecule has 0 aliphatic heterocycles. The van der Waals surface area contributed by atoms with E-state index in [0.717, 1.165) is 5.57 Å². The summed E-state index contributed by atoms with van der Waals surface area (Å²) in [5.74, 6) is -1.42. The van der Waals surface area contributed by atoms with Crippen molar-refractivity contribution in [3.05, 3.63) is 12.2 Å². The van der Waals surface area contributed by atoms with Gasteiger partial charge in [0.25, 0.3) is 0 Å². The van der Waals surface area contributed by atoms with E-state index in [1.54, 1.807) is 13.8 Å². The second-order valence-electron chi connectivity index (χ2n) is 3.46. The summed E-state index contributed by atoms with van der Waals surface area (Å²) >= 11 is 0. The summed E-state index contributed by atoms with van der Waals surface area (Å²) in [6.45, 7) is 7.74. The average Bonchev–Trinajstić information content (AvgIpc) is 2.15. The summed E-state index contributed by atoms with van der Waals surface area (Å²) in [7, 11) is 0. The van der Waals surface area contributed by atoms with Crippen LogP contribution in [-0.2, 0) is 4.79 Å². The van der Waals surface area contributed by atoms with Crippen molar-refractivity contribution in [2.75, 3.05) is 13.1 Å². The fourth-order valence-electron chi connectivity index (χ4n) is 0.916. The SMILES string of the molecule is C=C(C)CNC(=O)NCC(CC)C(=O)O. The van der Waals surface area contributed by atoms with Crippen LogP contribution < -0.4 is 10.6 Å². The highest BCUT2D eigenvalue weighted by Crippen LogP contribution is 1.99. The van der Waals surface area contributed by atoms with Gasteiger partial charge in [-0.05, 0) is 13.3 Å². The average molecular weight is 214 g/mol. The summed E-state index contributed by atoms with van der Waals surface area (Å²) in [5.41, 5.74) is 0.843. The molecular weight excluding hydrogens is 196 g/mol. The smallest absolute Gasteiger partial charge is 0.315 e. The zero-order valence-corrected chi connectivity index (χ0v) is 9.17. The molecule has 0 saturated carbocycles. The van der Waals surface area contributed by atoms with E-state index < -0.39 is 11.9 Å². The standard InChI is InChI=1S/C10H18N2O3/c1-4-8(9(13)14)6-12-10(15)11-5-7(2)3/h8H,2,4-6H2,1,3H3,(H,13,14)(H2,11,12,15). The number of rotatable bonds is 6. The molecule has 0 saturated heterocycles. The lowest BCUT2D eigenvalue weighted by atomic mass is 10.1. The van der Waals surface area contributed by atoms with Crippen molar-refractivity contribution in [3.63, 3.8) is 0 Å². The number of carbonyl (C=O) groups is 2. The highest BCUT2D eigenvalue weighted by Gasteiger charge is 2.15. The first-order chi connectivity index (χ1) is 6.97. The molecule has 15 heavy (non-hydrogen) atoms. The molecule has 2 amide bonds. The van der Waals surface area contributed by atoms with Gasteiger partial charge in [0.1, 0.15) is 0 Å². The normalized spacial score (nSPS) is 11.6. The Morgan fingerprint density at radius 3 is 2.40 bits per heavy atom. The van der Waals surface area contributed by atoms with E-state index >= 15 is 0 Å². The van der Waals surface area contributed by atoms with Crippen molar-refractivity contribution in [1.29, 1.82) is 0 Å². The van der Waals surface area contributed by atoms with Crippen molar-refractivity contribution in [1.82, 2.24) is 10.6 Å². The van der Waals surface area contributed by atoms with Gasteiger partial charge < -0.3 is 15.7 Å². The van der Waals surface area contributed by atoms with Crippen molar-refractivity contribution >= 4 is 12.0 Å². The molecule has 0 aromatic carbocycles. The highest BCUT2D eigenvalue weighted by molar-refractivity contribution is 5.75. The second kappa shape index (κ2) is 6.86. The number of aliphatic carboxylic acids is 1. The molecule has 0 aromatic rings. The highest BCUT2D eigenvalue weighted by atomic mass is 16.4. The van der Waals surface area contributed by atoms with Crippen LogP contribution in [0.25, 0.3) is 0 Å². The Morgan fingerprint density at radius 1 is 1.40 bits per heavy atom. The Kier molecular flexibility index (Phi) is 6.17. The van der Waals surface area contributed by atoms with Gasteiger partial charge in [0.2, 0.25) is 0 Å². The van der Waals surface area contributed by atoms with Gasteiger partial charge in [-0.2, -0.15) is 0 Å². The van der Waals surface area contributed by atoms with E-state index in [4.69, 9.17) is 5.11 Å². The van der Waals surface area contributed by atoms with Crippen molar-refractivity contribution in [2.45, 2.75) is 20.3 Å². The number of amides is 2. The summed E-state index contributed by atoms with van der Waals surface area (Å²) in [4.78, 5) is 21.8. The molecule has 1 unspecified atom stereocenters. The summed E-state index contributed by atoms with van der Waals surface area (Å²) in [6.07, 6.45) is 0.496. The van der Waals surface area contributed by atoms with Gasteiger partial charge in [-0.15, -0.1) is 0 Å². The third-order valence-electron chi connectivity index (χ3n) is 1.90.